The number of rotatable bonds is 6. The monoisotopic (exact) mass is 327 g/mol. The molecule has 4 nitrogen and oxygen atoms in total. The predicted molar refractivity (Wildman–Crippen MR) is 86.0 cm³/mol. The molecule has 2 rings (SSSR count). The molecule has 2 aromatic rings. The largest absolute Gasteiger partial charge is 0.485 e. The summed E-state index contributed by atoms with van der Waals surface area (Å²) in [6.07, 6.45) is 1.61. The van der Waals surface area contributed by atoms with Crippen molar-refractivity contribution in [3.05, 3.63) is 46.0 Å². The molecule has 0 spiro atoms. The quantitative estimate of drug-likeness (QED) is 0.876. The molecule has 0 radical (unpaired) electrons. The van der Waals surface area contributed by atoms with Crippen LogP contribution in [0, 0.1) is 0 Å². The molecule has 0 fully saturated rings. The summed E-state index contributed by atoms with van der Waals surface area (Å²) in [6.45, 7) is 5.19. The zero-order chi connectivity index (χ0) is 15.4. The van der Waals surface area contributed by atoms with E-state index in [2.05, 4.69) is 24.1 Å². The molecule has 0 aliphatic carbocycles. The summed E-state index contributed by atoms with van der Waals surface area (Å²) in [6, 6.07) is 6.03. The highest BCUT2D eigenvalue weighted by molar-refractivity contribution is 6.31. The average Bonchev–Trinajstić information content (AvgIpc) is 2.75. The van der Waals surface area contributed by atoms with Crippen LogP contribution in [-0.4, -0.2) is 15.6 Å². The van der Waals surface area contributed by atoms with Gasteiger partial charge < -0.3 is 14.6 Å². The Morgan fingerprint density at radius 2 is 2.10 bits per heavy atom. The second-order valence-electron chi connectivity index (χ2n) is 5.10. The van der Waals surface area contributed by atoms with Gasteiger partial charge in [-0.2, -0.15) is 0 Å². The predicted octanol–water partition coefficient (Wildman–Crippen LogP) is 3.80. The second-order valence-corrected chi connectivity index (χ2v) is 5.89. The SMILES string of the molecule is CC(C)NCc1c(Cl)cccc1OCc1ncc(Cl)n1C. The standard InChI is InChI=1S/C15H19Cl2N3O/c1-10(2)18-7-11-12(16)5-4-6-13(11)21-9-15-19-8-14(17)20(15)3/h4-6,8,10,18H,7,9H2,1-3H3. The fourth-order valence-electron chi connectivity index (χ4n) is 1.85. The minimum atomic E-state index is 0.345. The zero-order valence-corrected chi connectivity index (χ0v) is 13.9. The Kier molecular flexibility index (Phi) is 5.51. The highest BCUT2D eigenvalue weighted by Gasteiger charge is 2.11. The van der Waals surface area contributed by atoms with Crippen molar-refractivity contribution in [1.82, 2.24) is 14.9 Å². The minimum Gasteiger partial charge on any atom is -0.485 e. The van der Waals surface area contributed by atoms with E-state index in [-0.39, 0.29) is 0 Å². The van der Waals surface area contributed by atoms with Crippen molar-refractivity contribution < 1.29 is 4.74 Å². The molecule has 0 amide bonds. The van der Waals surface area contributed by atoms with Gasteiger partial charge in [0.15, 0.2) is 0 Å². The lowest BCUT2D eigenvalue weighted by atomic mass is 10.2. The van der Waals surface area contributed by atoms with Crippen molar-refractivity contribution in [2.24, 2.45) is 7.05 Å². The highest BCUT2D eigenvalue weighted by atomic mass is 35.5. The van der Waals surface area contributed by atoms with Crippen LogP contribution in [0.15, 0.2) is 24.4 Å². The summed E-state index contributed by atoms with van der Waals surface area (Å²) in [4.78, 5) is 4.21. The molecule has 0 aliphatic rings. The second kappa shape index (κ2) is 7.16. The lowest BCUT2D eigenvalue weighted by Crippen LogP contribution is -2.22. The van der Waals surface area contributed by atoms with Crippen molar-refractivity contribution in [2.45, 2.75) is 33.0 Å². The molecule has 1 N–H and O–H groups in total. The molecule has 0 saturated carbocycles. The van der Waals surface area contributed by atoms with E-state index in [1.165, 1.54) is 0 Å². The highest BCUT2D eigenvalue weighted by Crippen LogP contribution is 2.27. The molecule has 1 aromatic heterocycles. The zero-order valence-electron chi connectivity index (χ0n) is 12.4. The van der Waals surface area contributed by atoms with E-state index in [1.54, 1.807) is 10.8 Å². The van der Waals surface area contributed by atoms with Crippen LogP contribution >= 0.6 is 23.2 Å². The first-order valence-electron chi connectivity index (χ1n) is 6.78. The normalized spacial score (nSPS) is 11.1. The minimum absolute atomic E-state index is 0.345. The Balaban J connectivity index is 2.12. The third kappa shape index (κ3) is 4.13. The van der Waals surface area contributed by atoms with Crippen LogP contribution in [0.25, 0.3) is 0 Å². The summed E-state index contributed by atoms with van der Waals surface area (Å²) in [5, 5.41) is 4.63. The van der Waals surface area contributed by atoms with Crippen LogP contribution in [-0.2, 0) is 20.2 Å². The molecule has 1 aromatic carbocycles. The topological polar surface area (TPSA) is 39.1 Å². The van der Waals surface area contributed by atoms with E-state index >= 15 is 0 Å². The van der Waals surface area contributed by atoms with Crippen molar-refractivity contribution in [3.8, 4) is 5.75 Å². The third-order valence-electron chi connectivity index (χ3n) is 3.15. The Morgan fingerprint density at radius 3 is 2.71 bits per heavy atom. The maximum atomic E-state index is 6.27. The lowest BCUT2D eigenvalue weighted by molar-refractivity contribution is 0.288. The molecule has 0 saturated heterocycles. The number of halogens is 2. The van der Waals surface area contributed by atoms with Crippen LogP contribution in [0.1, 0.15) is 25.2 Å². The molecule has 114 valence electrons. The first-order chi connectivity index (χ1) is 9.99. The van der Waals surface area contributed by atoms with Gasteiger partial charge in [0.05, 0.1) is 6.20 Å². The van der Waals surface area contributed by atoms with Crippen molar-refractivity contribution in [3.63, 3.8) is 0 Å². The summed E-state index contributed by atoms with van der Waals surface area (Å²) in [5.41, 5.74) is 0.952. The number of imidazole rings is 1. The maximum Gasteiger partial charge on any atom is 0.147 e. The van der Waals surface area contributed by atoms with Gasteiger partial charge >= 0.3 is 0 Å². The van der Waals surface area contributed by atoms with Crippen molar-refractivity contribution >= 4 is 23.2 Å². The van der Waals surface area contributed by atoms with E-state index in [9.17, 15) is 0 Å². The van der Waals surface area contributed by atoms with Gasteiger partial charge in [0.1, 0.15) is 23.3 Å². The van der Waals surface area contributed by atoms with E-state index in [4.69, 9.17) is 27.9 Å². The molecule has 0 aliphatic heterocycles. The van der Waals surface area contributed by atoms with Gasteiger partial charge in [0.2, 0.25) is 0 Å². The molecule has 0 bridgehead atoms. The molecular weight excluding hydrogens is 309 g/mol. The molecule has 21 heavy (non-hydrogen) atoms. The van der Waals surface area contributed by atoms with Crippen molar-refractivity contribution in [1.29, 1.82) is 0 Å². The van der Waals surface area contributed by atoms with Gasteiger partial charge in [0, 0.05) is 30.2 Å². The van der Waals surface area contributed by atoms with E-state index in [1.807, 2.05) is 25.2 Å². The fraction of sp³-hybridized carbons (Fsp3) is 0.400. The number of benzene rings is 1. The number of aromatic nitrogens is 2. The van der Waals surface area contributed by atoms with Gasteiger partial charge in [-0.3, -0.25) is 0 Å². The molecular formula is C15H19Cl2N3O. The van der Waals surface area contributed by atoms with Crippen LogP contribution in [0.4, 0.5) is 0 Å². The van der Waals surface area contributed by atoms with E-state index in [0.29, 0.717) is 29.4 Å². The number of hydrogen-bond donors (Lipinski definition) is 1. The maximum absolute atomic E-state index is 6.27. The average molecular weight is 328 g/mol. The Bertz CT molecular complexity index is 611. The number of nitrogens with zero attached hydrogens (tertiary/aromatic N) is 2. The van der Waals surface area contributed by atoms with Crippen LogP contribution in [0.3, 0.4) is 0 Å². The summed E-state index contributed by atoms with van der Waals surface area (Å²) < 4.78 is 7.65. The van der Waals surface area contributed by atoms with Gasteiger partial charge in [-0.05, 0) is 12.1 Å². The summed E-state index contributed by atoms with van der Waals surface area (Å²) in [7, 11) is 1.85. The molecule has 0 atom stereocenters. The smallest absolute Gasteiger partial charge is 0.147 e. The fourth-order valence-corrected chi connectivity index (χ4v) is 2.23. The number of hydrogen-bond acceptors (Lipinski definition) is 3. The molecule has 6 heteroatoms. The Labute approximate surface area is 135 Å². The Morgan fingerprint density at radius 1 is 1.33 bits per heavy atom. The van der Waals surface area contributed by atoms with Gasteiger partial charge in [-0.25, -0.2) is 4.98 Å². The first kappa shape index (κ1) is 16.1. The first-order valence-corrected chi connectivity index (χ1v) is 7.54. The van der Waals surface area contributed by atoms with Crippen molar-refractivity contribution in [2.75, 3.05) is 0 Å². The van der Waals surface area contributed by atoms with E-state index < -0.39 is 0 Å². The summed E-state index contributed by atoms with van der Waals surface area (Å²) in [5.74, 6) is 1.53. The van der Waals surface area contributed by atoms with Gasteiger partial charge in [0.25, 0.3) is 0 Å². The van der Waals surface area contributed by atoms with Gasteiger partial charge in [-0.15, -0.1) is 0 Å². The van der Waals surface area contributed by atoms with Crippen LogP contribution < -0.4 is 10.1 Å². The lowest BCUT2D eigenvalue weighted by Gasteiger charge is -2.15. The third-order valence-corrected chi connectivity index (χ3v) is 3.85. The molecule has 1 heterocycles. The Hall–Kier alpha value is -1.23. The molecule has 0 unspecified atom stereocenters. The number of nitrogens with one attached hydrogen (secondary N) is 1. The number of ether oxygens (including phenoxy) is 1. The van der Waals surface area contributed by atoms with Crippen LogP contribution in [0.5, 0.6) is 5.75 Å². The van der Waals surface area contributed by atoms with E-state index in [0.717, 1.165) is 17.1 Å². The van der Waals surface area contributed by atoms with Crippen LogP contribution in [0.2, 0.25) is 10.2 Å². The summed E-state index contributed by atoms with van der Waals surface area (Å²) >= 11 is 12.2. The van der Waals surface area contributed by atoms with Gasteiger partial charge in [-0.1, -0.05) is 43.1 Å².